The van der Waals surface area contributed by atoms with E-state index in [-0.39, 0.29) is 5.56 Å². The lowest BCUT2D eigenvalue weighted by atomic mass is 10.1. The van der Waals surface area contributed by atoms with Gasteiger partial charge >= 0.3 is 0 Å². The normalized spacial score (nSPS) is 10.7. The maximum absolute atomic E-state index is 13.5. The predicted molar refractivity (Wildman–Crippen MR) is 56.7 cm³/mol. The lowest BCUT2D eigenvalue weighted by Crippen LogP contribution is -2.05. The number of nitrogens with one attached hydrogen (secondary N) is 2. The zero-order valence-electron chi connectivity index (χ0n) is 8.72. The standard InChI is InChI=1S/C11H11F2N3/c1-14-5-7-6-15-16-11(7)9-4-8(12)2-3-10(9)13/h2-4,6,14H,5H2,1H3,(H,15,16). The molecule has 0 aliphatic rings. The van der Waals surface area contributed by atoms with Crippen molar-refractivity contribution in [3.05, 3.63) is 41.6 Å². The summed E-state index contributed by atoms with van der Waals surface area (Å²) in [6, 6.07) is 3.35. The van der Waals surface area contributed by atoms with E-state index in [0.29, 0.717) is 12.2 Å². The van der Waals surface area contributed by atoms with Crippen LogP contribution in [0.5, 0.6) is 0 Å². The van der Waals surface area contributed by atoms with Gasteiger partial charge in [0.15, 0.2) is 0 Å². The van der Waals surface area contributed by atoms with Crippen molar-refractivity contribution in [3.63, 3.8) is 0 Å². The molecule has 5 heteroatoms. The first-order chi connectivity index (χ1) is 7.72. The molecule has 0 aliphatic carbocycles. The number of H-pyrrole nitrogens is 1. The van der Waals surface area contributed by atoms with Crippen molar-refractivity contribution in [2.45, 2.75) is 6.54 Å². The summed E-state index contributed by atoms with van der Waals surface area (Å²) in [5.41, 5.74) is 1.50. The molecule has 0 saturated heterocycles. The Kier molecular flexibility index (Phi) is 2.96. The predicted octanol–water partition coefficient (Wildman–Crippen LogP) is 2.07. The number of halogens is 2. The first-order valence-corrected chi connectivity index (χ1v) is 4.84. The van der Waals surface area contributed by atoms with Crippen LogP contribution in [0.1, 0.15) is 5.56 Å². The molecule has 1 aromatic carbocycles. The van der Waals surface area contributed by atoms with E-state index in [0.717, 1.165) is 23.8 Å². The van der Waals surface area contributed by atoms with Gasteiger partial charge in [-0.25, -0.2) is 8.78 Å². The van der Waals surface area contributed by atoms with Crippen molar-refractivity contribution in [1.82, 2.24) is 15.5 Å². The molecule has 0 aliphatic heterocycles. The van der Waals surface area contributed by atoms with E-state index in [1.807, 2.05) is 0 Å². The first kappa shape index (κ1) is 10.8. The van der Waals surface area contributed by atoms with Crippen molar-refractivity contribution in [1.29, 1.82) is 0 Å². The molecule has 2 rings (SSSR count). The Bertz CT molecular complexity index is 494. The van der Waals surface area contributed by atoms with Crippen LogP contribution in [0.4, 0.5) is 8.78 Å². The minimum atomic E-state index is -0.471. The third kappa shape index (κ3) is 1.94. The van der Waals surface area contributed by atoms with Gasteiger partial charge in [-0.2, -0.15) is 5.10 Å². The van der Waals surface area contributed by atoms with Gasteiger partial charge in [0.05, 0.1) is 11.9 Å². The highest BCUT2D eigenvalue weighted by Gasteiger charge is 2.12. The summed E-state index contributed by atoms with van der Waals surface area (Å²) in [6.45, 7) is 0.543. The molecule has 0 radical (unpaired) electrons. The number of rotatable bonds is 3. The van der Waals surface area contributed by atoms with E-state index in [9.17, 15) is 8.78 Å². The third-order valence-electron chi connectivity index (χ3n) is 2.28. The van der Waals surface area contributed by atoms with Crippen LogP contribution >= 0.6 is 0 Å². The summed E-state index contributed by atoms with van der Waals surface area (Å²) in [5, 5.41) is 9.45. The third-order valence-corrected chi connectivity index (χ3v) is 2.28. The minimum absolute atomic E-state index is 0.197. The Hall–Kier alpha value is -1.75. The van der Waals surface area contributed by atoms with Crippen LogP contribution in [0.3, 0.4) is 0 Å². The van der Waals surface area contributed by atoms with E-state index < -0.39 is 11.6 Å². The van der Waals surface area contributed by atoms with Crippen molar-refractivity contribution in [2.75, 3.05) is 7.05 Å². The lowest BCUT2D eigenvalue weighted by Gasteiger charge is -2.04. The van der Waals surface area contributed by atoms with Gasteiger partial charge in [-0.3, -0.25) is 5.10 Å². The minimum Gasteiger partial charge on any atom is -0.316 e. The van der Waals surface area contributed by atoms with E-state index >= 15 is 0 Å². The Morgan fingerprint density at radius 1 is 1.38 bits per heavy atom. The van der Waals surface area contributed by atoms with E-state index in [1.54, 1.807) is 13.2 Å². The molecule has 0 bridgehead atoms. The van der Waals surface area contributed by atoms with Crippen LogP contribution in [0.25, 0.3) is 11.3 Å². The molecule has 0 amide bonds. The van der Waals surface area contributed by atoms with Crippen molar-refractivity contribution in [2.24, 2.45) is 0 Å². The van der Waals surface area contributed by atoms with Gasteiger partial charge in [0.25, 0.3) is 0 Å². The fourth-order valence-corrected chi connectivity index (χ4v) is 1.56. The molecule has 2 aromatic rings. The zero-order valence-corrected chi connectivity index (χ0v) is 8.72. The second-order valence-corrected chi connectivity index (χ2v) is 3.42. The number of hydrogen-bond acceptors (Lipinski definition) is 2. The second-order valence-electron chi connectivity index (χ2n) is 3.42. The topological polar surface area (TPSA) is 40.7 Å². The van der Waals surface area contributed by atoms with Gasteiger partial charge in [-0.05, 0) is 25.2 Å². The Labute approximate surface area is 91.5 Å². The van der Waals surface area contributed by atoms with Crippen LogP contribution in [0.15, 0.2) is 24.4 Å². The van der Waals surface area contributed by atoms with Crippen molar-refractivity contribution < 1.29 is 8.78 Å². The summed E-state index contributed by atoms with van der Waals surface area (Å²) in [6.07, 6.45) is 1.59. The molecule has 0 saturated carbocycles. The van der Waals surface area contributed by atoms with Gasteiger partial charge in [0.2, 0.25) is 0 Å². The van der Waals surface area contributed by atoms with Crippen LogP contribution in [-0.2, 0) is 6.54 Å². The van der Waals surface area contributed by atoms with Crippen LogP contribution in [-0.4, -0.2) is 17.2 Å². The van der Waals surface area contributed by atoms with Gasteiger partial charge < -0.3 is 5.32 Å². The molecule has 3 nitrogen and oxygen atoms in total. The maximum atomic E-state index is 13.5. The largest absolute Gasteiger partial charge is 0.316 e. The number of benzene rings is 1. The lowest BCUT2D eigenvalue weighted by molar-refractivity contribution is 0.602. The molecule has 84 valence electrons. The molecule has 1 heterocycles. The zero-order chi connectivity index (χ0) is 11.5. The molecular formula is C11H11F2N3. The molecule has 1 aromatic heterocycles. The Morgan fingerprint density at radius 3 is 2.94 bits per heavy atom. The number of aromatic amines is 1. The number of hydrogen-bond donors (Lipinski definition) is 2. The summed E-state index contributed by atoms with van der Waals surface area (Å²) in [4.78, 5) is 0. The monoisotopic (exact) mass is 223 g/mol. The van der Waals surface area contributed by atoms with Crippen LogP contribution in [0.2, 0.25) is 0 Å². The Balaban J connectivity index is 2.49. The Morgan fingerprint density at radius 2 is 2.19 bits per heavy atom. The highest BCUT2D eigenvalue weighted by Crippen LogP contribution is 2.24. The smallest absolute Gasteiger partial charge is 0.132 e. The number of nitrogens with zero attached hydrogens (tertiary/aromatic N) is 1. The van der Waals surface area contributed by atoms with E-state index in [4.69, 9.17) is 0 Å². The highest BCUT2D eigenvalue weighted by atomic mass is 19.1. The van der Waals surface area contributed by atoms with Gasteiger partial charge in [-0.15, -0.1) is 0 Å². The number of aromatic nitrogens is 2. The van der Waals surface area contributed by atoms with E-state index in [1.165, 1.54) is 0 Å². The molecule has 0 spiro atoms. The maximum Gasteiger partial charge on any atom is 0.132 e. The molecule has 0 atom stereocenters. The van der Waals surface area contributed by atoms with E-state index in [2.05, 4.69) is 15.5 Å². The SMILES string of the molecule is CNCc1cn[nH]c1-c1cc(F)ccc1F. The average Bonchev–Trinajstić information content (AvgIpc) is 2.70. The highest BCUT2D eigenvalue weighted by molar-refractivity contribution is 5.63. The summed E-state index contributed by atoms with van der Waals surface area (Å²) in [5.74, 6) is -0.940. The molecule has 2 N–H and O–H groups in total. The molecule has 0 fully saturated rings. The molecular weight excluding hydrogens is 212 g/mol. The average molecular weight is 223 g/mol. The van der Waals surface area contributed by atoms with Crippen molar-refractivity contribution in [3.8, 4) is 11.3 Å². The van der Waals surface area contributed by atoms with Crippen LogP contribution in [0, 0.1) is 11.6 Å². The van der Waals surface area contributed by atoms with Gasteiger partial charge in [0, 0.05) is 17.7 Å². The summed E-state index contributed by atoms with van der Waals surface area (Å²) in [7, 11) is 1.78. The van der Waals surface area contributed by atoms with Gasteiger partial charge in [-0.1, -0.05) is 0 Å². The molecule has 16 heavy (non-hydrogen) atoms. The van der Waals surface area contributed by atoms with Crippen LogP contribution < -0.4 is 5.32 Å². The fraction of sp³-hybridized carbons (Fsp3) is 0.182. The van der Waals surface area contributed by atoms with Crippen molar-refractivity contribution >= 4 is 0 Å². The first-order valence-electron chi connectivity index (χ1n) is 4.84. The summed E-state index contributed by atoms with van der Waals surface area (Å²) >= 11 is 0. The quantitative estimate of drug-likeness (QED) is 0.836. The van der Waals surface area contributed by atoms with Gasteiger partial charge in [0.1, 0.15) is 11.6 Å². The fourth-order valence-electron chi connectivity index (χ4n) is 1.56. The second kappa shape index (κ2) is 4.40. The molecule has 0 unspecified atom stereocenters. The summed E-state index contributed by atoms with van der Waals surface area (Å²) < 4.78 is 26.6.